The lowest BCUT2D eigenvalue weighted by Gasteiger charge is -2.13. The molecule has 0 aliphatic rings. The lowest BCUT2D eigenvalue weighted by molar-refractivity contribution is -0.111. The highest BCUT2D eigenvalue weighted by molar-refractivity contribution is 6.44. The highest BCUT2D eigenvalue weighted by atomic mass is 35.5. The zero-order valence-electron chi connectivity index (χ0n) is 14.2. The van der Waals surface area contributed by atoms with Gasteiger partial charge in [-0.2, -0.15) is 0 Å². The molecule has 0 saturated heterocycles. The Bertz CT molecular complexity index is 788. The first-order chi connectivity index (χ1) is 11.9. The van der Waals surface area contributed by atoms with Crippen molar-refractivity contribution in [2.45, 2.75) is 20.0 Å². The van der Waals surface area contributed by atoms with Crippen LogP contribution in [0.25, 0.3) is 6.08 Å². The summed E-state index contributed by atoms with van der Waals surface area (Å²) >= 11 is 12.0. The van der Waals surface area contributed by atoms with E-state index in [1.807, 2.05) is 26.0 Å². The van der Waals surface area contributed by atoms with Crippen LogP contribution in [0.15, 0.2) is 42.5 Å². The van der Waals surface area contributed by atoms with Crippen LogP contribution in [-0.4, -0.2) is 19.1 Å². The van der Waals surface area contributed by atoms with Gasteiger partial charge in [-0.25, -0.2) is 0 Å². The molecule has 2 rings (SSSR count). The molecular weight excluding hydrogens is 361 g/mol. The molecule has 0 radical (unpaired) electrons. The van der Waals surface area contributed by atoms with Crippen LogP contribution in [-0.2, 0) is 4.79 Å². The second kappa shape index (κ2) is 8.79. The van der Waals surface area contributed by atoms with Crippen LogP contribution >= 0.6 is 23.2 Å². The summed E-state index contributed by atoms with van der Waals surface area (Å²) in [5.74, 6) is 0.949. The number of carbonyl (C=O) groups excluding carboxylic acids is 1. The highest BCUT2D eigenvalue weighted by Crippen LogP contribution is 2.30. The van der Waals surface area contributed by atoms with Gasteiger partial charge in [0.25, 0.3) is 0 Å². The van der Waals surface area contributed by atoms with Gasteiger partial charge in [0.05, 0.1) is 28.9 Å². The lowest BCUT2D eigenvalue weighted by atomic mass is 10.2. The molecule has 132 valence electrons. The minimum Gasteiger partial charge on any atom is -0.493 e. The van der Waals surface area contributed by atoms with E-state index in [1.165, 1.54) is 6.08 Å². The summed E-state index contributed by atoms with van der Waals surface area (Å²) in [5.41, 5.74) is 1.27. The van der Waals surface area contributed by atoms with Crippen LogP contribution in [0.1, 0.15) is 19.4 Å². The van der Waals surface area contributed by atoms with Gasteiger partial charge < -0.3 is 14.8 Å². The first-order valence-corrected chi connectivity index (χ1v) is 8.44. The maximum absolute atomic E-state index is 12.1. The molecule has 0 saturated carbocycles. The van der Waals surface area contributed by atoms with E-state index in [4.69, 9.17) is 32.7 Å². The van der Waals surface area contributed by atoms with Crippen molar-refractivity contribution in [1.29, 1.82) is 0 Å². The first kappa shape index (κ1) is 19.2. The molecule has 0 fully saturated rings. The molecule has 0 aromatic heterocycles. The van der Waals surface area contributed by atoms with E-state index < -0.39 is 0 Å². The molecule has 2 aromatic rings. The minimum atomic E-state index is -0.314. The van der Waals surface area contributed by atoms with Crippen molar-refractivity contribution in [1.82, 2.24) is 0 Å². The number of benzene rings is 2. The number of nitrogens with one attached hydrogen (secondary N) is 1. The third-order valence-corrected chi connectivity index (χ3v) is 4.01. The SMILES string of the molecule is COc1cc(/C=C/C(=O)Nc2cccc(Cl)c2Cl)ccc1OC(C)C. The summed E-state index contributed by atoms with van der Waals surface area (Å²) in [6, 6.07) is 10.5. The molecule has 0 heterocycles. The number of anilines is 1. The third-order valence-electron chi connectivity index (χ3n) is 3.19. The van der Waals surface area contributed by atoms with Crippen molar-refractivity contribution in [3.63, 3.8) is 0 Å². The van der Waals surface area contributed by atoms with Gasteiger partial charge in [0.15, 0.2) is 11.5 Å². The Morgan fingerprint density at radius 3 is 2.60 bits per heavy atom. The van der Waals surface area contributed by atoms with E-state index in [1.54, 1.807) is 37.5 Å². The average molecular weight is 380 g/mol. The number of rotatable bonds is 6. The van der Waals surface area contributed by atoms with Gasteiger partial charge in [0, 0.05) is 6.08 Å². The van der Waals surface area contributed by atoms with Gasteiger partial charge in [0.1, 0.15) is 0 Å². The lowest BCUT2D eigenvalue weighted by Crippen LogP contribution is -2.08. The van der Waals surface area contributed by atoms with Gasteiger partial charge >= 0.3 is 0 Å². The number of amides is 1. The molecule has 0 aliphatic carbocycles. The Kier molecular flexibility index (Phi) is 6.73. The Balaban J connectivity index is 2.10. The maximum atomic E-state index is 12.1. The molecule has 25 heavy (non-hydrogen) atoms. The Hall–Kier alpha value is -2.17. The van der Waals surface area contributed by atoms with E-state index in [2.05, 4.69) is 5.32 Å². The monoisotopic (exact) mass is 379 g/mol. The van der Waals surface area contributed by atoms with E-state index >= 15 is 0 Å². The number of halogens is 2. The number of ether oxygens (including phenoxy) is 2. The Labute approximate surface area is 157 Å². The first-order valence-electron chi connectivity index (χ1n) is 7.68. The highest BCUT2D eigenvalue weighted by Gasteiger charge is 2.08. The molecule has 2 aromatic carbocycles. The minimum absolute atomic E-state index is 0.0449. The van der Waals surface area contributed by atoms with Crippen LogP contribution < -0.4 is 14.8 Å². The van der Waals surface area contributed by atoms with Crippen molar-refractivity contribution in [3.8, 4) is 11.5 Å². The van der Waals surface area contributed by atoms with E-state index in [9.17, 15) is 4.79 Å². The Morgan fingerprint density at radius 1 is 1.16 bits per heavy atom. The predicted octanol–water partition coefficient (Wildman–Crippen LogP) is 5.44. The average Bonchev–Trinajstić information content (AvgIpc) is 2.57. The summed E-state index contributed by atoms with van der Waals surface area (Å²) in [6.45, 7) is 3.89. The van der Waals surface area contributed by atoms with Gasteiger partial charge in [-0.15, -0.1) is 0 Å². The molecule has 0 unspecified atom stereocenters. The quantitative estimate of drug-likeness (QED) is 0.679. The number of methoxy groups -OCH3 is 1. The van der Waals surface area contributed by atoms with Crippen LogP contribution in [0, 0.1) is 0 Å². The normalized spacial score (nSPS) is 11.0. The zero-order chi connectivity index (χ0) is 18.4. The maximum Gasteiger partial charge on any atom is 0.248 e. The molecule has 0 aliphatic heterocycles. The van der Waals surface area contributed by atoms with Gasteiger partial charge in [-0.1, -0.05) is 35.3 Å². The molecule has 0 spiro atoms. The predicted molar refractivity (Wildman–Crippen MR) is 103 cm³/mol. The molecule has 0 atom stereocenters. The van der Waals surface area contributed by atoms with Crippen molar-refractivity contribution in [2.24, 2.45) is 0 Å². The third kappa shape index (κ3) is 5.41. The molecule has 1 amide bonds. The van der Waals surface area contributed by atoms with Crippen LogP contribution in [0.2, 0.25) is 10.0 Å². The topological polar surface area (TPSA) is 47.6 Å². The van der Waals surface area contributed by atoms with E-state index in [0.29, 0.717) is 27.2 Å². The second-order valence-corrected chi connectivity index (χ2v) is 6.29. The number of carbonyl (C=O) groups is 1. The molecule has 0 bridgehead atoms. The Morgan fingerprint density at radius 2 is 1.92 bits per heavy atom. The van der Waals surface area contributed by atoms with Crippen LogP contribution in [0.5, 0.6) is 11.5 Å². The number of hydrogen-bond acceptors (Lipinski definition) is 3. The van der Waals surface area contributed by atoms with Gasteiger partial charge in [0.2, 0.25) is 5.91 Å². The zero-order valence-corrected chi connectivity index (χ0v) is 15.7. The summed E-state index contributed by atoms with van der Waals surface area (Å²) < 4.78 is 11.0. The molecule has 6 heteroatoms. The summed E-state index contributed by atoms with van der Waals surface area (Å²) in [5, 5.41) is 3.38. The smallest absolute Gasteiger partial charge is 0.248 e. The van der Waals surface area contributed by atoms with Crippen molar-refractivity contribution >= 4 is 40.9 Å². The largest absolute Gasteiger partial charge is 0.493 e. The van der Waals surface area contributed by atoms with Crippen molar-refractivity contribution in [2.75, 3.05) is 12.4 Å². The summed E-state index contributed by atoms with van der Waals surface area (Å²) in [4.78, 5) is 12.1. The fourth-order valence-corrected chi connectivity index (χ4v) is 2.43. The van der Waals surface area contributed by atoms with E-state index in [0.717, 1.165) is 5.56 Å². The number of hydrogen-bond donors (Lipinski definition) is 1. The second-order valence-electron chi connectivity index (χ2n) is 5.50. The van der Waals surface area contributed by atoms with Crippen molar-refractivity contribution < 1.29 is 14.3 Å². The van der Waals surface area contributed by atoms with Gasteiger partial charge in [-0.05, 0) is 49.8 Å². The fraction of sp³-hybridized carbons (Fsp3) is 0.211. The van der Waals surface area contributed by atoms with Crippen LogP contribution in [0.4, 0.5) is 5.69 Å². The molecule has 4 nitrogen and oxygen atoms in total. The molecular formula is C19H19Cl2NO3. The van der Waals surface area contributed by atoms with Gasteiger partial charge in [-0.3, -0.25) is 4.79 Å². The van der Waals surface area contributed by atoms with E-state index in [-0.39, 0.29) is 12.0 Å². The standard InChI is InChI=1S/C19H19Cl2NO3/c1-12(2)25-16-9-7-13(11-17(16)24-3)8-10-18(23)22-15-6-4-5-14(20)19(15)21/h4-12H,1-3H3,(H,22,23)/b10-8+. The fourth-order valence-electron chi connectivity index (χ4n) is 2.09. The van der Waals surface area contributed by atoms with Crippen molar-refractivity contribution in [3.05, 3.63) is 58.1 Å². The molecule has 1 N–H and O–H groups in total. The van der Waals surface area contributed by atoms with Crippen LogP contribution in [0.3, 0.4) is 0 Å². The summed E-state index contributed by atoms with van der Waals surface area (Å²) in [7, 11) is 1.57. The summed E-state index contributed by atoms with van der Waals surface area (Å²) in [6.07, 6.45) is 3.13.